The van der Waals surface area contributed by atoms with Crippen LogP contribution in [0.2, 0.25) is 0 Å². The van der Waals surface area contributed by atoms with Crippen molar-refractivity contribution in [2.24, 2.45) is 5.16 Å². The summed E-state index contributed by atoms with van der Waals surface area (Å²) < 4.78 is 0. The third kappa shape index (κ3) is 4.67. The third-order valence-corrected chi connectivity index (χ3v) is 3.92. The Morgan fingerprint density at radius 2 is 1.76 bits per heavy atom. The van der Waals surface area contributed by atoms with Crippen LogP contribution in [0.15, 0.2) is 78.0 Å². The minimum atomic E-state index is -0.203. The number of nitrogens with zero attached hydrogens (tertiary/aromatic N) is 1. The fourth-order valence-corrected chi connectivity index (χ4v) is 2.58. The highest BCUT2D eigenvalue weighted by atomic mass is 16.6. The Balaban J connectivity index is 1.52. The van der Waals surface area contributed by atoms with E-state index in [4.69, 9.17) is 4.84 Å². The van der Waals surface area contributed by atoms with E-state index in [1.807, 2.05) is 55.5 Å². The minimum absolute atomic E-state index is 0.0983. The zero-order chi connectivity index (χ0) is 17.5. The standard InChI is InChI=1S/C21H20N2O2/c1-16(19-12-11-18-9-5-6-10-20(18)13-19)23-21(24)15-25-22-14-17-7-3-2-4-8-17/h2-14,16H,15H2,1H3,(H,23,24)/b22-14+. The lowest BCUT2D eigenvalue weighted by molar-refractivity contribution is -0.126. The van der Waals surface area contributed by atoms with Gasteiger partial charge in [0.1, 0.15) is 0 Å². The maximum Gasteiger partial charge on any atom is 0.261 e. The number of fused-ring (bicyclic) bond motifs is 1. The van der Waals surface area contributed by atoms with Crippen LogP contribution in [-0.2, 0) is 9.63 Å². The van der Waals surface area contributed by atoms with E-state index in [1.165, 1.54) is 5.39 Å². The number of rotatable bonds is 6. The Hall–Kier alpha value is -3.14. The van der Waals surface area contributed by atoms with Crippen LogP contribution in [0, 0.1) is 0 Å². The quantitative estimate of drug-likeness (QED) is 0.546. The largest absolute Gasteiger partial charge is 0.386 e. The predicted octanol–water partition coefficient (Wildman–Crippen LogP) is 4.07. The van der Waals surface area contributed by atoms with Gasteiger partial charge in [-0.05, 0) is 34.9 Å². The molecule has 3 aromatic rings. The highest BCUT2D eigenvalue weighted by Crippen LogP contribution is 2.20. The van der Waals surface area contributed by atoms with Gasteiger partial charge in [-0.25, -0.2) is 0 Å². The molecule has 0 aliphatic rings. The van der Waals surface area contributed by atoms with Gasteiger partial charge in [0.15, 0.2) is 6.61 Å². The summed E-state index contributed by atoms with van der Waals surface area (Å²) >= 11 is 0. The molecule has 0 aliphatic heterocycles. The first-order chi connectivity index (χ1) is 12.2. The molecule has 0 fully saturated rings. The first-order valence-corrected chi connectivity index (χ1v) is 8.21. The summed E-state index contributed by atoms with van der Waals surface area (Å²) in [5, 5.41) is 9.08. The molecule has 1 atom stereocenters. The number of hydrogen-bond donors (Lipinski definition) is 1. The Bertz CT molecular complexity index is 875. The van der Waals surface area contributed by atoms with Crippen LogP contribution in [0.25, 0.3) is 10.8 Å². The molecule has 25 heavy (non-hydrogen) atoms. The number of nitrogens with one attached hydrogen (secondary N) is 1. The average Bonchev–Trinajstić information content (AvgIpc) is 2.65. The maximum atomic E-state index is 12.0. The van der Waals surface area contributed by atoms with Crippen molar-refractivity contribution in [1.29, 1.82) is 0 Å². The lowest BCUT2D eigenvalue weighted by Gasteiger charge is -2.14. The molecule has 4 nitrogen and oxygen atoms in total. The van der Waals surface area contributed by atoms with Crippen LogP contribution in [0.1, 0.15) is 24.1 Å². The lowest BCUT2D eigenvalue weighted by Crippen LogP contribution is -2.29. The van der Waals surface area contributed by atoms with E-state index in [-0.39, 0.29) is 18.6 Å². The molecule has 0 aliphatic carbocycles. The van der Waals surface area contributed by atoms with Gasteiger partial charge in [0.05, 0.1) is 12.3 Å². The first kappa shape index (κ1) is 16.7. The molecular formula is C21H20N2O2. The molecule has 0 aromatic heterocycles. The van der Waals surface area contributed by atoms with Crippen LogP contribution in [0.4, 0.5) is 0 Å². The van der Waals surface area contributed by atoms with Crippen LogP contribution < -0.4 is 5.32 Å². The van der Waals surface area contributed by atoms with Crippen LogP contribution in [-0.4, -0.2) is 18.7 Å². The highest BCUT2D eigenvalue weighted by molar-refractivity contribution is 5.83. The first-order valence-electron chi connectivity index (χ1n) is 8.21. The fraction of sp³-hybridized carbons (Fsp3) is 0.143. The molecule has 0 bridgehead atoms. The Morgan fingerprint density at radius 1 is 1.04 bits per heavy atom. The number of hydrogen-bond acceptors (Lipinski definition) is 3. The second-order valence-corrected chi connectivity index (χ2v) is 5.81. The molecule has 0 heterocycles. The van der Waals surface area contributed by atoms with Crippen molar-refractivity contribution < 1.29 is 9.63 Å². The highest BCUT2D eigenvalue weighted by Gasteiger charge is 2.10. The van der Waals surface area contributed by atoms with E-state index in [2.05, 4.69) is 34.7 Å². The van der Waals surface area contributed by atoms with Crippen LogP contribution in [0.3, 0.4) is 0 Å². The van der Waals surface area contributed by atoms with Crippen molar-refractivity contribution in [3.63, 3.8) is 0 Å². The number of carbonyl (C=O) groups excluding carboxylic acids is 1. The summed E-state index contributed by atoms with van der Waals surface area (Å²) in [4.78, 5) is 17.1. The SMILES string of the molecule is CC(NC(=O)CO/N=C/c1ccccc1)c1ccc2ccccc2c1. The van der Waals surface area contributed by atoms with Gasteiger partial charge in [0.2, 0.25) is 0 Å². The van der Waals surface area contributed by atoms with Crippen molar-refractivity contribution in [1.82, 2.24) is 5.32 Å². The lowest BCUT2D eigenvalue weighted by atomic mass is 10.0. The summed E-state index contributed by atoms with van der Waals surface area (Å²) in [6.07, 6.45) is 1.58. The predicted molar refractivity (Wildman–Crippen MR) is 100 cm³/mol. The molecule has 4 heteroatoms. The van der Waals surface area contributed by atoms with E-state index in [0.717, 1.165) is 16.5 Å². The van der Waals surface area contributed by atoms with Crippen LogP contribution in [0.5, 0.6) is 0 Å². The molecule has 1 N–H and O–H groups in total. The van der Waals surface area contributed by atoms with Gasteiger partial charge in [0.25, 0.3) is 5.91 Å². The normalized spacial score (nSPS) is 12.2. The number of benzene rings is 3. The summed E-state index contributed by atoms with van der Waals surface area (Å²) in [5.41, 5.74) is 1.98. The number of amides is 1. The Morgan fingerprint density at radius 3 is 2.56 bits per heavy atom. The molecule has 1 unspecified atom stereocenters. The average molecular weight is 332 g/mol. The van der Waals surface area contributed by atoms with Gasteiger partial charge >= 0.3 is 0 Å². The van der Waals surface area contributed by atoms with Crippen molar-refractivity contribution >= 4 is 22.9 Å². The van der Waals surface area contributed by atoms with Gasteiger partial charge in [-0.3, -0.25) is 4.79 Å². The second kappa shape index (κ2) is 8.11. The van der Waals surface area contributed by atoms with E-state index < -0.39 is 0 Å². The number of carbonyl (C=O) groups is 1. The smallest absolute Gasteiger partial charge is 0.261 e. The van der Waals surface area contributed by atoms with Crippen molar-refractivity contribution in [2.45, 2.75) is 13.0 Å². The van der Waals surface area contributed by atoms with Crippen LogP contribution >= 0.6 is 0 Å². The second-order valence-electron chi connectivity index (χ2n) is 5.81. The van der Waals surface area contributed by atoms with Gasteiger partial charge in [-0.1, -0.05) is 71.9 Å². The van der Waals surface area contributed by atoms with Gasteiger partial charge < -0.3 is 10.2 Å². The molecule has 0 spiro atoms. The van der Waals surface area contributed by atoms with Gasteiger partial charge in [0, 0.05) is 0 Å². The number of oxime groups is 1. The molecule has 3 rings (SSSR count). The van der Waals surface area contributed by atoms with Crippen molar-refractivity contribution in [3.8, 4) is 0 Å². The molecule has 0 radical (unpaired) electrons. The molecule has 0 saturated carbocycles. The molecule has 126 valence electrons. The van der Waals surface area contributed by atoms with E-state index in [0.29, 0.717) is 0 Å². The Labute approximate surface area is 147 Å². The van der Waals surface area contributed by atoms with Gasteiger partial charge in [-0.2, -0.15) is 0 Å². The van der Waals surface area contributed by atoms with Crippen molar-refractivity contribution in [2.75, 3.05) is 6.61 Å². The summed E-state index contributed by atoms with van der Waals surface area (Å²) in [7, 11) is 0. The van der Waals surface area contributed by atoms with E-state index >= 15 is 0 Å². The van der Waals surface area contributed by atoms with Gasteiger partial charge in [-0.15, -0.1) is 0 Å². The maximum absolute atomic E-state index is 12.0. The summed E-state index contributed by atoms with van der Waals surface area (Å²) in [6.45, 7) is 1.84. The fourth-order valence-electron chi connectivity index (χ4n) is 2.58. The Kier molecular flexibility index (Phi) is 5.42. The third-order valence-electron chi connectivity index (χ3n) is 3.92. The molecule has 0 saturated heterocycles. The molecular weight excluding hydrogens is 312 g/mol. The topological polar surface area (TPSA) is 50.7 Å². The zero-order valence-electron chi connectivity index (χ0n) is 14.1. The monoisotopic (exact) mass is 332 g/mol. The summed E-state index contributed by atoms with van der Waals surface area (Å²) in [6, 6.07) is 23.8. The summed E-state index contributed by atoms with van der Waals surface area (Å²) in [5.74, 6) is -0.203. The molecule has 3 aromatic carbocycles. The molecule has 1 amide bonds. The van der Waals surface area contributed by atoms with E-state index in [9.17, 15) is 4.79 Å². The zero-order valence-corrected chi connectivity index (χ0v) is 14.1. The van der Waals surface area contributed by atoms with E-state index in [1.54, 1.807) is 6.21 Å². The minimum Gasteiger partial charge on any atom is -0.386 e. The van der Waals surface area contributed by atoms with Crippen molar-refractivity contribution in [3.05, 3.63) is 83.9 Å².